The van der Waals surface area contributed by atoms with Crippen LogP contribution in [0, 0.1) is 11.3 Å². The second-order valence-electron chi connectivity index (χ2n) is 2.90. The van der Waals surface area contributed by atoms with Crippen molar-refractivity contribution in [2.75, 3.05) is 6.61 Å². The number of hydrogen-bond acceptors (Lipinski definition) is 3. The molecule has 0 spiro atoms. The molecule has 1 aromatic carbocycles. The minimum atomic E-state index is -0.194. The SMILES string of the molecule is C[C@@H](N=[N+]=[N-])c1ccc(OCC#N)cc1. The molecule has 0 saturated heterocycles. The Hall–Kier alpha value is -2.18. The molecule has 1 aromatic rings. The summed E-state index contributed by atoms with van der Waals surface area (Å²) in [5, 5.41) is 11.9. The monoisotopic (exact) mass is 202 g/mol. The van der Waals surface area contributed by atoms with Crippen molar-refractivity contribution < 1.29 is 4.74 Å². The van der Waals surface area contributed by atoms with Crippen LogP contribution >= 0.6 is 0 Å². The average Bonchev–Trinajstić information content (AvgIpc) is 2.27. The Morgan fingerprint density at radius 1 is 1.53 bits per heavy atom. The van der Waals surface area contributed by atoms with Gasteiger partial charge in [-0.3, -0.25) is 0 Å². The second kappa shape index (κ2) is 5.53. The molecular weight excluding hydrogens is 192 g/mol. The third kappa shape index (κ3) is 3.22. The zero-order chi connectivity index (χ0) is 11.1. The van der Waals surface area contributed by atoms with Crippen molar-refractivity contribution >= 4 is 0 Å². The van der Waals surface area contributed by atoms with Gasteiger partial charge in [0, 0.05) is 4.91 Å². The molecule has 0 fully saturated rings. The molecule has 0 aliphatic rings. The first-order valence-corrected chi connectivity index (χ1v) is 4.42. The molecule has 5 heteroatoms. The largest absolute Gasteiger partial charge is 0.479 e. The summed E-state index contributed by atoms with van der Waals surface area (Å²) in [5.41, 5.74) is 9.18. The number of hydrogen-bond donors (Lipinski definition) is 0. The number of ether oxygens (including phenoxy) is 1. The van der Waals surface area contributed by atoms with Crippen molar-refractivity contribution in [3.8, 4) is 11.8 Å². The lowest BCUT2D eigenvalue weighted by atomic mass is 10.1. The van der Waals surface area contributed by atoms with E-state index in [0.717, 1.165) is 5.56 Å². The van der Waals surface area contributed by atoms with Gasteiger partial charge in [0.15, 0.2) is 6.61 Å². The average molecular weight is 202 g/mol. The third-order valence-electron chi connectivity index (χ3n) is 1.89. The standard InChI is InChI=1S/C10H10N4O/c1-8(13-14-12)9-2-4-10(5-3-9)15-7-6-11/h2-5,8H,7H2,1H3/t8-/m1/s1. The molecule has 0 bridgehead atoms. The summed E-state index contributed by atoms with van der Waals surface area (Å²) < 4.78 is 5.09. The van der Waals surface area contributed by atoms with E-state index in [-0.39, 0.29) is 12.6 Å². The van der Waals surface area contributed by atoms with Crippen molar-refractivity contribution in [2.24, 2.45) is 5.11 Å². The lowest BCUT2D eigenvalue weighted by Crippen LogP contribution is -1.94. The van der Waals surface area contributed by atoms with Gasteiger partial charge < -0.3 is 4.74 Å². The minimum absolute atomic E-state index is 0.0330. The van der Waals surface area contributed by atoms with Crippen LogP contribution in [-0.2, 0) is 0 Å². The van der Waals surface area contributed by atoms with E-state index in [9.17, 15) is 0 Å². The lowest BCUT2D eigenvalue weighted by molar-refractivity contribution is 0.368. The van der Waals surface area contributed by atoms with Gasteiger partial charge in [0.25, 0.3) is 0 Å². The molecule has 0 amide bonds. The Kier molecular flexibility index (Phi) is 4.02. The maximum atomic E-state index is 8.31. The third-order valence-corrected chi connectivity index (χ3v) is 1.89. The van der Waals surface area contributed by atoms with Crippen molar-refractivity contribution in [2.45, 2.75) is 13.0 Å². The minimum Gasteiger partial charge on any atom is -0.479 e. The number of rotatable bonds is 4. The molecule has 76 valence electrons. The van der Waals surface area contributed by atoms with Crippen LogP contribution in [0.15, 0.2) is 29.4 Å². The van der Waals surface area contributed by atoms with Crippen LogP contribution in [-0.4, -0.2) is 6.61 Å². The highest BCUT2D eigenvalue weighted by atomic mass is 16.5. The molecule has 0 aliphatic heterocycles. The Morgan fingerprint density at radius 3 is 2.73 bits per heavy atom. The molecule has 0 heterocycles. The van der Waals surface area contributed by atoms with Crippen LogP contribution in [0.3, 0.4) is 0 Å². The maximum absolute atomic E-state index is 8.31. The van der Waals surface area contributed by atoms with E-state index in [0.29, 0.717) is 5.75 Å². The molecule has 1 rings (SSSR count). The molecule has 0 saturated carbocycles. The molecule has 0 aromatic heterocycles. The predicted octanol–water partition coefficient (Wildman–Crippen LogP) is 2.96. The maximum Gasteiger partial charge on any atom is 0.174 e. The van der Waals surface area contributed by atoms with E-state index in [1.165, 1.54) is 0 Å². The first kappa shape index (κ1) is 10.9. The van der Waals surface area contributed by atoms with E-state index in [2.05, 4.69) is 10.0 Å². The van der Waals surface area contributed by atoms with E-state index < -0.39 is 0 Å². The number of nitriles is 1. The summed E-state index contributed by atoms with van der Waals surface area (Å²) in [6.45, 7) is 1.84. The normalized spacial score (nSPS) is 10.9. The number of benzene rings is 1. The van der Waals surface area contributed by atoms with Crippen LogP contribution in [0.2, 0.25) is 0 Å². The highest BCUT2D eigenvalue weighted by molar-refractivity contribution is 5.29. The van der Waals surface area contributed by atoms with Gasteiger partial charge in [-0.05, 0) is 23.2 Å². The molecule has 0 unspecified atom stereocenters. The summed E-state index contributed by atoms with van der Waals surface area (Å²) in [5.74, 6) is 0.633. The highest BCUT2D eigenvalue weighted by Gasteiger charge is 2.02. The van der Waals surface area contributed by atoms with Gasteiger partial charge in [-0.25, -0.2) is 0 Å². The highest BCUT2D eigenvalue weighted by Crippen LogP contribution is 2.20. The second-order valence-corrected chi connectivity index (χ2v) is 2.90. The number of nitrogens with zero attached hydrogens (tertiary/aromatic N) is 4. The molecule has 5 nitrogen and oxygen atoms in total. The van der Waals surface area contributed by atoms with E-state index >= 15 is 0 Å². The van der Waals surface area contributed by atoms with Crippen molar-refractivity contribution in [3.05, 3.63) is 40.3 Å². The van der Waals surface area contributed by atoms with Crippen LogP contribution in [0.1, 0.15) is 18.5 Å². The molecule has 0 radical (unpaired) electrons. The summed E-state index contributed by atoms with van der Waals surface area (Å²) in [4.78, 5) is 2.73. The zero-order valence-electron chi connectivity index (χ0n) is 8.29. The smallest absolute Gasteiger partial charge is 0.174 e. The fourth-order valence-electron chi connectivity index (χ4n) is 1.10. The quantitative estimate of drug-likeness (QED) is 0.427. The molecule has 0 N–H and O–H groups in total. The van der Waals surface area contributed by atoms with Crippen LogP contribution in [0.25, 0.3) is 10.4 Å². The Balaban J connectivity index is 2.72. The first-order valence-electron chi connectivity index (χ1n) is 4.42. The van der Waals surface area contributed by atoms with Gasteiger partial charge >= 0.3 is 0 Å². The fourth-order valence-corrected chi connectivity index (χ4v) is 1.10. The summed E-state index contributed by atoms with van der Waals surface area (Å²) in [6, 6.07) is 8.81. The van der Waals surface area contributed by atoms with Gasteiger partial charge in [0.05, 0.1) is 6.04 Å². The fraction of sp³-hybridized carbons (Fsp3) is 0.300. The van der Waals surface area contributed by atoms with E-state index in [1.807, 2.05) is 25.1 Å². The van der Waals surface area contributed by atoms with Gasteiger partial charge in [-0.1, -0.05) is 24.2 Å². The Labute approximate surface area is 87.5 Å². The number of azide groups is 1. The van der Waals surface area contributed by atoms with E-state index in [1.54, 1.807) is 12.1 Å². The van der Waals surface area contributed by atoms with Crippen LogP contribution in [0.4, 0.5) is 0 Å². The summed E-state index contributed by atoms with van der Waals surface area (Å²) in [6.07, 6.45) is 0. The van der Waals surface area contributed by atoms with Crippen molar-refractivity contribution in [1.82, 2.24) is 0 Å². The van der Waals surface area contributed by atoms with Crippen LogP contribution < -0.4 is 4.74 Å². The molecular formula is C10H10N4O. The van der Waals surface area contributed by atoms with Crippen molar-refractivity contribution in [3.63, 3.8) is 0 Å². The van der Waals surface area contributed by atoms with Gasteiger partial charge in [-0.15, -0.1) is 0 Å². The molecule has 0 aliphatic carbocycles. The molecule has 15 heavy (non-hydrogen) atoms. The summed E-state index contributed by atoms with van der Waals surface area (Å²) >= 11 is 0. The summed E-state index contributed by atoms with van der Waals surface area (Å²) in [7, 11) is 0. The lowest BCUT2D eigenvalue weighted by Gasteiger charge is -2.06. The Bertz CT molecular complexity index is 400. The zero-order valence-corrected chi connectivity index (χ0v) is 8.29. The predicted molar refractivity (Wildman–Crippen MR) is 55.1 cm³/mol. The van der Waals surface area contributed by atoms with Gasteiger partial charge in [0.1, 0.15) is 11.8 Å². The Morgan fingerprint density at radius 2 is 2.20 bits per heavy atom. The van der Waals surface area contributed by atoms with Crippen molar-refractivity contribution in [1.29, 1.82) is 5.26 Å². The van der Waals surface area contributed by atoms with Gasteiger partial charge in [-0.2, -0.15) is 5.26 Å². The van der Waals surface area contributed by atoms with Gasteiger partial charge in [0.2, 0.25) is 0 Å². The topological polar surface area (TPSA) is 81.8 Å². The van der Waals surface area contributed by atoms with E-state index in [4.69, 9.17) is 15.5 Å². The first-order chi connectivity index (χ1) is 7.27. The van der Waals surface area contributed by atoms with Crippen LogP contribution in [0.5, 0.6) is 5.75 Å². The molecule has 1 atom stereocenters.